The van der Waals surface area contributed by atoms with E-state index in [1.807, 2.05) is 12.3 Å². The van der Waals surface area contributed by atoms with Gasteiger partial charge in [0.05, 0.1) is 0 Å². The fourth-order valence-electron chi connectivity index (χ4n) is 2.82. The first-order valence-electron chi connectivity index (χ1n) is 6.61. The predicted octanol–water partition coefficient (Wildman–Crippen LogP) is 2.91. The van der Waals surface area contributed by atoms with Gasteiger partial charge in [-0.2, -0.15) is 0 Å². The molecule has 1 N–H and O–H groups in total. The predicted molar refractivity (Wildman–Crippen MR) is 73.0 cm³/mol. The zero-order valence-corrected chi connectivity index (χ0v) is 11.0. The molecule has 0 amide bonds. The molecule has 0 saturated carbocycles. The first-order valence-corrected chi connectivity index (χ1v) is 6.61. The molecule has 1 aliphatic heterocycles. The molecule has 2 aromatic heterocycles. The molecule has 0 spiro atoms. The van der Waals surface area contributed by atoms with E-state index in [4.69, 9.17) is 0 Å². The topological polar surface area (TPSA) is 29.9 Å². The molecule has 1 saturated heterocycles. The van der Waals surface area contributed by atoms with Gasteiger partial charge in [0.2, 0.25) is 0 Å². The summed E-state index contributed by atoms with van der Waals surface area (Å²) in [5, 5.41) is 3.56. The third-order valence-corrected chi connectivity index (χ3v) is 3.74. The van der Waals surface area contributed by atoms with Crippen molar-refractivity contribution in [2.24, 2.45) is 0 Å². The van der Waals surface area contributed by atoms with Crippen molar-refractivity contribution in [3.8, 4) is 5.82 Å². The molecule has 0 radical (unpaired) electrons. The van der Waals surface area contributed by atoms with Gasteiger partial charge in [-0.3, -0.25) is 0 Å². The van der Waals surface area contributed by atoms with E-state index in [0.717, 1.165) is 12.4 Å². The SMILES string of the molecule is Cc1ccc(C)n1-c1ncccc1[C@H]1CCCN1. The fourth-order valence-corrected chi connectivity index (χ4v) is 2.82. The highest BCUT2D eigenvalue weighted by atomic mass is 15.1. The number of aromatic nitrogens is 2. The van der Waals surface area contributed by atoms with Crippen molar-refractivity contribution in [1.82, 2.24) is 14.9 Å². The molecule has 1 atom stereocenters. The third kappa shape index (κ3) is 1.85. The first kappa shape index (κ1) is 11.5. The minimum absolute atomic E-state index is 0.454. The summed E-state index contributed by atoms with van der Waals surface area (Å²) in [5.41, 5.74) is 3.80. The zero-order valence-electron chi connectivity index (χ0n) is 11.0. The second-order valence-corrected chi connectivity index (χ2v) is 5.02. The summed E-state index contributed by atoms with van der Waals surface area (Å²) >= 11 is 0. The Hall–Kier alpha value is -1.61. The molecule has 0 aliphatic carbocycles. The van der Waals surface area contributed by atoms with Crippen molar-refractivity contribution in [3.05, 3.63) is 47.4 Å². The number of nitrogens with one attached hydrogen (secondary N) is 1. The van der Waals surface area contributed by atoms with E-state index in [9.17, 15) is 0 Å². The average molecular weight is 241 g/mol. The van der Waals surface area contributed by atoms with Gasteiger partial charge in [0.25, 0.3) is 0 Å². The summed E-state index contributed by atoms with van der Waals surface area (Å²) in [4.78, 5) is 4.61. The standard InChI is InChI=1S/C15H19N3/c1-11-7-8-12(2)18(11)15-13(5-3-10-17-15)14-6-4-9-16-14/h3,5,7-8,10,14,16H,4,6,9H2,1-2H3/t14-/m1/s1. The van der Waals surface area contributed by atoms with Crippen molar-refractivity contribution >= 4 is 0 Å². The Morgan fingerprint density at radius 2 is 2.00 bits per heavy atom. The molecule has 1 aliphatic rings. The maximum absolute atomic E-state index is 4.61. The maximum Gasteiger partial charge on any atom is 0.141 e. The fraction of sp³-hybridized carbons (Fsp3) is 0.400. The van der Waals surface area contributed by atoms with Crippen LogP contribution in [0.25, 0.3) is 5.82 Å². The van der Waals surface area contributed by atoms with Crippen LogP contribution < -0.4 is 5.32 Å². The molecule has 0 unspecified atom stereocenters. The van der Waals surface area contributed by atoms with Gasteiger partial charge in [-0.1, -0.05) is 6.07 Å². The highest BCUT2D eigenvalue weighted by Crippen LogP contribution is 2.28. The normalized spacial score (nSPS) is 19.3. The lowest BCUT2D eigenvalue weighted by molar-refractivity contribution is 0.637. The van der Waals surface area contributed by atoms with E-state index in [1.54, 1.807) is 0 Å². The number of hydrogen-bond acceptors (Lipinski definition) is 2. The van der Waals surface area contributed by atoms with Gasteiger partial charge in [0.15, 0.2) is 0 Å². The van der Waals surface area contributed by atoms with Crippen molar-refractivity contribution in [3.63, 3.8) is 0 Å². The Labute approximate surface area is 108 Å². The second kappa shape index (κ2) is 4.58. The molecule has 3 rings (SSSR count). The molecule has 3 heteroatoms. The summed E-state index contributed by atoms with van der Waals surface area (Å²) < 4.78 is 2.25. The van der Waals surface area contributed by atoms with E-state index < -0.39 is 0 Å². The molecule has 1 fully saturated rings. The van der Waals surface area contributed by atoms with E-state index >= 15 is 0 Å². The molecular formula is C15H19N3. The van der Waals surface area contributed by atoms with E-state index in [2.05, 4.69) is 46.9 Å². The van der Waals surface area contributed by atoms with Gasteiger partial charge < -0.3 is 9.88 Å². The van der Waals surface area contributed by atoms with Gasteiger partial charge in [-0.25, -0.2) is 4.98 Å². The van der Waals surface area contributed by atoms with Crippen LogP contribution in [-0.4, -0.2) is 16.1 Å². The Kier molecular flexibility index (Phi) is 2.92. The number of nitrogens with zero attached hydrogens (tertiary/aromatic N) is 2. The summed E-state index contributed by atoms with van der Waals surface area (Å²) in [6.07, 6.45) is 4.34. The molecule has 3 heterocycles. The zero-order chi connectivity index (χ0) is 12.5. The third-order valence-electron chi connectivity index (χ3n) is 3.74. The van der Waals surface area contributed by atoms with Crippen LogP contribution in [-0.2, 0) is 0 Å². The average Bonchev–Trinajstić information content (AvgIpc) is 3.00. The summed E-state index contributed by atoms with van der Waals surface area (Å²) in [7, 11) is 0. The lowest BCUT2D eigenvalue weighted by Gasteiger charge is -2.17. The van der Waals surface area contributed by atoms with Gasteiger partial charge in [0, 0.05) is 29.2 Å². The lowest BCUT2D eigenvalue weighted by Crippen LogP contribution is -2.16. The number of rotatable bonds is 2. The molecule has 0 aromatic carbocycles. The number of hydrogen-bond donors (Lipinski definition) is 1. The van der Waals surface area contributed by atoms with E-state index in [0.29, 0.717) is 6.04 Å². The quantitative estimate of drug-likeness (QED) is 0.876. The number of pyridine rings is 1. The van der Waals surface area contributed by atoms with Crippen molar-refractivity contribution in [2.75, 3.05) is 6.54 Å². The molecule has 18 heavy (non-hydrogen) atoms. The smallest absolute Gasteiger partial charge is 0.141 e. The van der Waals surface area contributed by atoms with Gasteiger partial charge in [-0.15, -0.1) is 0 Å². The first-order chi connectivity index (χ1) is 8.77. The minimum Gasteiger partial charge on any atom is -0.310 e. The molecule has 3 nitrogen and oxygen atoms in total. The lowest BCUT2D eigenvalue weighted by atomic mass is 10.1. The van der Waals surface area contributed by atoms with E-state index in [-0.39, 0.29) is 0 Å². The van der Waals surface area contributed by atoms with E-state index in [1.165, 1.54) is 29.8 Å². The summed E-state index contributed by atoms with van der Waals surface area (Å²) in [6.45, 7) is 5.38. The highest BCUT2D eigenvalue weighted by Gasteiger charge is 2.21. The largest absolute Gasteiger partial charge is 0.310 e. The van der Waals surface area contributed by atoms with Crippen LogP contribution in [0.5, 0.6) is 0 Å². The van der Waals surface area contributed by atoms with Crippen LogP contribution in [0.15, 0.2) is 30.5 Å². The van der Waals surface area contributed by atoms with Crippen LogP contribution in [0.2, 0.25) is 0 Å². The van der Waals surface area contributed by atoms with Gasteiger partial charge in [0.1, 0.15) is 5.82 Å². The maximum atomic E-state index is 4.61. The molecule has 0 bridgehead atoms. The van der Waals surface area contributed by atoms with Crippen molar-refractivity contribution < 1.29 is 0 Å². The Morgan fingerprint density at radius 1 is 1.22 bits per heavy atom. The molecular weight excluding hydrogens is 222 g/mol. The Balaban J connectivity index is 2.12. The second-order valence-electron chi connectivity index (χ2n) is 5.02. The molecule has 2 aromatic rings. The summed E-state index contributed by atoms with van der Waals surface area (Å²) in [6, 6.07) is 8.98. The Bertz CT molecular complexity index is 531. The van der Waals surface area contributed by atoms with Crippen LogP contribution in [0.3, 0.4) is 0 Å². The van der Waals surface area contributed by atoms with Crippen LogP contribution >= 0.6 is 0 Å². The highest BCUT2D eigenvalue weighted by molar-refractivity contribution is 5.40. The van der Waals surface area contributed by atoms with Gasteiger partial charge in [-0.05, 0) is 51.4 Å². The number of aryl methyl sites for hydroxylation is 2. The Morgan fingerprint density at radius 3 is 2.67 bits per heavy atom. The van der Waals surface area contributed by atoms with Gasteiger partial charge >= 0.3 is 0 Å². The van der Waals surface area contributed by atoms with Crippen LogP contribution in [0, 0.1) is 13.8 Å². The minimum atomic E-state index is 0.454. The monoisotopic (exact) mass is 241 g/mol. The van der Waals surface area contributed by atoms with Crippen LogP contribution in [0.4, 0.5) is 0 Å². The van der Waals surface area contributed by atoms with Crippen molar-refractivity contribution in [2.45, 2.75) is 32.7 Å². The molecule has 94 valence electrons. The van der Waals surface area contributed by atoms with Crippen molar-refractivity contribution in [1.29, 1.82) is 0 Å². The van der Waals surface area contributed by atoms with Crippen LogP contribution in [0.1, 0.15) is 35.8 Å². The summed E-state index contributed by atoms with van der Waals surface area (Å²) in [5.74, 6) is 1.08.